The Kier molecular flexibility index (Phi) is 5.46. The van der Waals surface area contributed by atoms with Crippen LogP contribution in [0.15, 0.2) is 42.0 Å². The summed E-state index contributed by atoms with van der Waals surface area (Å²) in [7, 11) is 0. The van der Waals surface area contributed by atoms with Gasteiger partial charge in [0.05, 0.1) is 0 Å². The molecule has 1 aromatic carbocycles. The summed E-state index contributed by atoms with van der Waals surface area (Å²) in [6, 6.07) is 10.1. The highest BCUT2D eigenvalue weighted by Gasteiger charge is 2.59. The van der Waals surface area contributed by atoms with Gasteiger partial charge in [-0.3, -0.25) is 9.59 Å². The van der Waals surface area contributed by atoms with Crippen LogP contribution in [-0.2, 0) is 16.1 Å². The molecule has 0 bridgehead atoms. The predicted octanol–water partition coefficient (Wildman–Crippen LogP) is 5.09. The molecular weight excluding hydrogens is 396 g/mol. The van der Waals surface area contributed by atoms with Crippen molar-refractivity contribution in [1.82, 2.24) is 10.2 Å². The van der Waals surface area contributed by atoms with Gasteiger partial charge in [0.25, 0.3) is 11.8 Å². The fourth-order valence-corrected chi connectivity index (χ4v) is 8.13. The maximum Gasteiger partial charge on any atom is 0.259 e. The normalized spacial score (nSPS) is 38.4. The molecular formula is C28H38N2O2. The number of rotatable bonds is 4. The van der Waals surface area contributed by atoms with Crippen molar-refractivity contribution < 1.29 is 9.59 Å². The van der Waals surface area contributed by atoms with Gasteiger partial charge in [0.1, 0.15) is 5.57 Å². The van der Waals surface area contributed by atoms with E-state index in [1.165, 1.54) is 38.5 Å². The largest absolute Gasteiger partial charge is 0.348 e. The molecule has 0 radical (unpaired) electrons. The Morgan fingerprint density at radius 3 is 2.59 bits per heavy atom. The van der Waals surface area contributed by atoms with E-state index in [1.807, 2.05) is 35.2 Å². The minimum atomic E-state index is -0.222. The first-order valence-corrected chi connectivity index (χ1v) is 12.7. The molecule has 5 rings (SSSR count). The molecule has 2 amide bonds. The van der Waals surface area contributed by atoms with Crippen LogP contribution in [0.3, 0.4) is 0 Å². The van der Waals surface area contributed by atoms with Crippen LogP contribution in [0.25, 0.3) is 0 Å². The summed E-state index contributed by atoms with van der Waals surface area (Å²) >= 11 is 0. The molecule has 0 spiro atoms. The molecule has 172 valence electrons. The van der Waals surface area contributed by atoms with E-state index in [1.54, 1.807) is 0 Å². The van der Waals surface area contributed by atoms with Crippen LogP contribution in [-0.4, -0.2) is 29.3 Å². The minimum Gasteiger partial charge on any atom is -0.348 e. The van der Waals surface area contributed by atoms with Gasteiger partial charge in [-0.05, 0) is 74.2 Å². The summed E-state index contributed by atoms with van der Waals surface area (Å²) in [6.45, 7) is 8.05. The van der Waals surface area contributed by atoms with Gasteiger partial charge in [0.2, 0.25) is 0 Å². The standard InChI is InChI=1S/C28H38N2O2/c1-4-30-24-13-12-20-22-11-8-15-27(22,2)16-14-23(20)28(24,3)17-21(26(30)32)25(31)29-18-19-9-6-5-7-10-19/h5-7,9-10,17,20,22-24H,4,8,11-16,18H2,1-3H3,(H,29,31)/t20-,22-,23+,24?,27-,28+/m0/s1. The van der Waals surface area contributed by atoms with Crippen LogP contribution in [0.4, 0.5) is 0 Å². The van der Waals surface area contributed by atoms with Crippen molar-refractivity contribution in [1.29, 1.82) is 0 Å². The van der Waals surface area contributed by atoms with Crippen LogP contribution in [0, 0.1) is 28.6 Å². The van der Waals surface area contributed by atoms with Crippen LogP contribution in [0.1, 0.15) is 71.3 Å². The highest BCUT2D eigenvalue weighted by atomic mass is 16.2. The zero-order valence-corrected chi connectivity index (χ0v) is 19.9. The summed E-state index contributed by atoms with van der Waals surface area (Å²) in [4.78, 5) is 28.6. The Morgan fingerprint density at radius 1 is 1.06 bits per heavy atom. The summed E-state index contributed by atoms with van der Waals surface area (Å²) in [6.07, 6.45) is 11.1. The molecule has 4 aliphatic rings. The third-order valence-electron chi connectivity index (χ3n) is 9.71. The monoisotopic (exact) mass is 434 g/mol. The molecule has 4 nitrogen and oxygen atoms in total. The van der Waals surface area contributed by atoms with Gasteiger partial charge in [-0.1, -0.05) is 56.7 Å². The number of likely N-dealkylation sites (N-methyl/N-ethyl adjacent to an activating group) is 1. The topological polar surface area (TPSA) is 49.4 Å². The van der Waals surface area contributed by atoms with Crippen LogP contribution < -0.4 is 5.32 Å². The average molecular weight is 435 g/mol. The lowest BCUT2D eigenvalue weighted by Crippen LogP contribution is -2.61. The molecule has 4 heteroatoms. The van der Waals surface area contributed by atoms with Gasteiger partial charge in [-0.15, -0.1) is 0 Å². The van der Waals surface area contributed by atoms with Crippen molar-refractivity contribution in [2.45, 2.75) is 78.3 Å². The van der Waals surface area contributed by atoms with Crippen molar-refractivity contribution in [2.24, 2.45) is 28.6 Å². The fourth-order valence-electron chi connectivity index (χ4n) is 8.13. The number of nitrogens with zero attached hydrogens (tertiary/aromatic N) is 1. The third kappa shape index (κ3) is 3.33. The zero-order valence-electron chi connectivity index (χ0n) is 19.9. The average Bonchev–Trinajstić information content (AvgIpc) is 3.20. The Labute approximate surface area is 192 Å². The van der Waals surface area contributed by atoms with E-state index in [0.717, 1.165) is 23.8 Å². The van der Waals surface area contributed by atoms with E-state index in [9.17, 15) is 9.59 Å². The molecule has 32 heavy (non-hydrogen) atoms. The molecule has 1 aliphatic heterocycles. The number of carbonyl (C=O) groups excluding carboxylic acids is 2. The van der Waals surface area contributed by atoms with Gasteiger partial charge in [-0.25, -0.2) is 0 Å². The molecule has 0 saturated heterocycles. The fraction of sp³-hybridized carbons (Fsp3) is 0.643. The molecule has 6 atom stereocenters. The molecule has 1 heterocycles. The van der Waals surface area contributed by atoms with Crippen LogP contribution in [0.2, 0.25) is 0 Å². The van der Waals surface area contributed by atoms with E-state index in [0.29, 0.717) is 30.0 Å². The highest BCUT2D eigenvalue weighted by Crippen LogP contribution is 2.64. The lowest BCUT2D eigenvalue weighted by molar-refractivity contribution is -0.143. The summed E-state index contributed by atoms with van der Waals surface area (Å²) in [5.74, 6) is 1.81. The Bertz CT molecular complexity index is 925. The van der Waals surface area contributed by atoms with Crippen molar-refractivity contribution >= 4 is 11.8 Å². The van der Waals surface area contributed by atoms with E-state index in [4.69, 9.17) is 0 Å². The predicted molar refractivity (Wildman–Crippen MR) is 127 cm³/mol. The van der Waals surface area contributed by atoms with Crippen molar-refractivity contribution in [3.63, 3.8) is 0 Å². The van der Waals surface area contributed by atoms with Crippen molar-refractivity contribution in [3.8, 4) is 0 Å². The number of fused-ring (bicyclic) bond motifs is 5. The Morgan fingerprint density at radius 2 is 1.84 bits per heavy atom. The molecule has 0 aromatic heterocycles. The van der Waals surface area contributed by atoms with E-state index in [-0.39, 0.29) is 23.3 Å². The number of hydrogen-bond acceptors (Lipinski definition) is 2. The Balaban J connectivity index is 1.45. The van der Waals surface area contributed by atoms with Crippen molar-refractivity contribution in [2.75, 3.05) is 6.54 Å². The van der Waals surface area contributed by atoms with Gasteiger partial charge in [0.15, 0.2) is 0 Å². The third-order valence-corrected chi connectivity index (χ3v) is 9.71. The van der Waals surface area contributed by atoms with Crippen LogP contribution in [0.5, 0.6) is 0 Å². The summed E-state index contributed by atoms with van der Waals surface area (Å²) < 4.78 is 0. The first-order chi connectivity index (χ1) is 15.4. The number of benzene rings is 1. The molecule has 3 saturated carbocycles. The SMILES string of the molecule is CCN1C(=O)C(C(=O)NCc2ccccc2)=C[C@@]2(C)C1CC[C@@H]1[C@H]2CC[C@]2(C)CCC[C@@H]12. The first-order valence-electron chi connectivity index (χ1n) is 12.7. The second kappa shape index (κ2) is 8.04. The van der Waals surface area contributed by atoms with E-state index in [2.05, 4.69) is 32.2 Å². The zero-order chi connectivity index (χ0) is 22.5. The lowest BCUT2D eigenvalue weighted by Gasteiger charge is -2.60. The number of nitrogens with one attached hydrogen (secondary N) is 1. The van der Waals surface area contributed by atoms with E-state index < -0.39 is 0 Å². The van der Waals surface area contributed by atoms with Gasteiger partial charge >= 0.3 is 0 Å². The number of hydrogen-bond donors (Lipinski definition) is 1. The number of carbonyl (C=O) groups is 2. The van der Waals surface area contributed by atoms with Gasteiger partial charge < -0.3 is 10.2 Å². The maximum atomic E-state index is 13.4. The Hall–Kier alpha value is -2.10. The molecule has 1 unspecified atom stereocenters. The smallest absolute Gasteiger partial charge is 0.259 e. The maximum absolute atomic E-state index is 13.4. The van der Waals surface area contributed by atoms with Crippen LogP contribution >= 0.6 is 0 Å². The van der Waals surface area contributed by atoms with Gasteiger partial charge in [-0.2, -0.15) is 0 Å². The second-order valence-electron chi connectivity index (χ2n) is 11.2. The molecule has 3 aliphatic carbocycles. The minimum absolute atomic E-state index is 0.0829. The van der Waals surface area contributed by atoms with E-state index >= 15 is 0 Å². The second-order valence-corrected chi connectivity index (χ2v) is 11.2. The molecule has 1 aromatic rings. The summed E-state index contributed by atoms with van der Waals surface area (Å²) in [5.41, 5.74) is 1.81. The quantitative estimate of drug-likeness (QED) is 0.671. The lowest BCUT2D eigenvalue weighted by atomic mass is 9.48. The highest BCUT2D eigenvalue weighted by molar-refractivity contribution is 6.19. The van der Waals surface area contributed by atoms with Gasteiger partial charge in [0, 0.05) is 24.5 Å². The molecule has 1 N–H and O–H groups in total. The number of amides is 2. The van der Waals surface area contributed by atoms with Crippen molar-refractivity contribution in [3.05, 3.63) is 47.5 Å². The first kappa shape index (κ1) is 21.7. The molecule has 3 fully saturated rings. The summed E-state index contributed by atoms with van der Waals surface area (Å²) in [5, 5.41) is 3.02.